The molecule has 0 aliphatic carbocycles. The summed E-state index contributed by atoms with van der Waals surface area (Å²) in [6.07, 6.45) is -0.568. The van der Waals surface area contributed by atoms with Gasteiger partial charge in [-0.15, -0.1) is 0 Å². The van der Waals surface area contributed by atoms with Crippen LogP contribution in [0.1, 0.15) is 13.8 Å². The van der Waals surface area contributed by atoms with Gasteiger partial charge in [0.05, 0.1) is 13.2 Å². The van der Waals surface area contributed by atoms with Gasteiger partial charge in [0, 0.05) is 5.56 Å². The normalized spacial score (nSPS) is 13.0. The molecule has 0 bridgehead atoms. The Balaban J connectivity index is 1.76. The van der Waals surface area contributed by atoms with E-state index in [2.05, 4.69) is 0 Å². The number of benzene rings is 3. The van der Waals surface area contributed by atoms with Crippen LogP contribution >= 0.6 is 0 Å². The van der Waals surface area contributed by atoms with E-state index in [9.17, 15) is 4.39 Å². The van der Waals surface area contributed by atoms with E-state index in [-0.39, 0.29) is 31.2 Å². The third kappa shape index (κ3) is 5.34. The predicted octanol–water partition coefficient (Wildman–Crippen LogP) is 4.68. The van der Waals surface area contributed by atoms with Crippen molar-refractivity contribution in [3.63, 3.8) is 0 Å². The van der Waals surface area contributed by atoms with Crippen LogP contribution in [0, 0.1) is 5.82 Å². The number of ether oxygens (including phenoxy) is 2. The fourth-order valence-electron chi connectivity index (χ4n) is 2.91. The highest BCUT2D eigenvalue weighted by Gasteiger charge is 2.09. The van der Waals surface area contributed by atoms with Crippen molar-refractivity contribution < 1.29 is 24.1 Å². The van der Waals surface area contributed by atoms with Crippen molar-refractivity contribution in [1.29, 1.82) is 0 Å². The first-order chi connectivity index (χ1) is 14.0. The summed E-state index contributed by atoms with van der Waals surface area (Å²) in [5, 5.41) is 18.1. The molecule has 3 aromatic rings. The van der Waals surface area contributed by atoms with Crippen molar-refractivity contribution >= 4 is 0 Å². The first kappa shape index (κ1) is 20.8. The summed E-state index contributed by atoms with van der Waals surface area (Å²) in [5.74, 6) is 0.976. The maximum atomic E-state index is 14.8. The van der Waals surface area contributed by atoms with Crippen molar-refractivity contribution in [2.75, 3.05) is 13.2 Å². The lowest BCUT2D eigenvalue weighted by molar-refractivity contribution is 0.130. The van der Waals surface area contributed by atoms with Gasteiger partial charge in [-0.3, -0.25) is 0 Å². The molecule has 2 N–H and O–H groups in total. The van der Waals surface area contributed by atoms with Crippen LogP contribution in [0.2, 0.25) is 0 Å². The van der Waals surface area contributed by atoms with Crippen LogP contribution in [0.25, 0.3) is 22.3 Å². The zero-order valence-electron chi connectivity index (χ0n) is 16.5. The lowest BCUT2D eigenvalue weighted by Crippen LogP contribution is -2.15. The van der Waals surface area contributed by atoms with Crippen LogP contribution in [0.3, 0.4) is 0 Å². The standard InChI is InChI=1S/C24H25FO4/c1-16(14-26)28-21-8-3-18(4-9-21)20-7-12-23(24(25)13-20)19-5-10-22(11-6-19)29-17(2)15-27/h3-13,16-17,26-27H,14-15H2,1-2H3/t16-,17-/m1/s1. The molecule has 0 heterocycles. The average Bonchev–Trinajstić information content (AvgIpc) is 2.74. The van der Waals surface area contributed by atoms with E-state index in [0.717, 1.165) is 16.7 Å². The van der Waals surface area contributed by atoms with Crippen molar-refractivity contribution in [2.45, 2.75) is 26.1 Å². The largest absolute Gasteiger partial charge is 0.488 e. The second-order valence-corrected chi connectivity index (χ2v) is 6.97. The first-order valence-electron chi connectivity index (χ1n) is 9.55. The molecule has 4 nitrogen and oxygen atoms in total. The Labute approximate surface area is 170 Å². The molecule has 29 heavy (non-hydrogen) atoms. The Morgan fingerprint density at radius 2 is 1.14 bits per heavy atom. The second-order valence-electron chi connectivity index (χ2n) is 6.97. The molecule has 152 valence electrons. The van der Waals surface area contributed by atoms with Crippen molar-refractivity contribution in [1.82, 2.24) is 0 Å². The van der Waals surface area contributed by atoms with Crippen LogP contribution in [0.5, 0.6) is 11.5 Å². The van der Waals surface area contributed by atoms with E-state index in [1.807, 2.05) is 18.2 Å². The van der Waals surface area contributed by atoms with Crippen molar-refractivity contribution in [3.05, 3.63) is 72.5 Å². The summed E-state index contributed by atoms with van der Waals surface area (Å²) < 4.78 is 25.8. The summed E-state index contributed by atoms with van der Waals surface area (Å²) in [6.45, 7) is 3.44. The van der Waals surface area contributed by atoms with E-state index in [1.54, 1.807) is 56.3 Å². The minimum Gasteiger partial charge on any atom is -0.488 e. The van der Waals surface area contributed by atoms with Crippen LogP contribution < -0.4 is 9.47 Å². The molecule has 3 aromatic carbocycles. The molecule has 0 amide bonds. The van der Waals surface area contributed by atoms with Gasteiger partial charge in [0.25, 0.3) is 0 Å². The summed E-state index contributed by atoms with van der Waals surface area (Å²) >= 11 is 0. The molecule has 0 fully saturated rings. The third-order valence-electron chi connectivity index (χ3n) is 4.51. The van der Waals surface area contributed by atoms with Gasteiger partial charge < -0.3 is 19.7 Å². The molecular formula is C24H25FO4. The van der Waals surface area contributed by atoms with Crippen molar-refractivity contribution in [3.8, 4) is 33.8 Å². The average molecular weight is 396 g/mol. The monoisotopic (exact) mass is 396 g/mol. The molecule has 2 atom stereocenters. The number of hydrogen-bond donors (Lipinski definition) is 2. The quantitative estimate of drug-likeness (QED) is 0.581. The molecule has 0 aromatic heterocycles. The lowest BCUT2D eigenvalue weighted by atomic mass is 9.99. The molecule has 0 saturated carbocycles. The molecule has 0 radical (unpaired) electrons. The Morgan fingerprint density at radius 1 is 0.690 bits per heavy atom. The summed E-state index contributed by atoms with van der Waals surface area (Å²) in [7, 11) is 0. The smallest absolute Gasteiger partial charge is 0.131 e. The van der Waals surface area contributed by atoms with Gasteiger partial charge in [0.15, 0.2) is 0 Å². The van der Waals surface area contributed by atoms with Gasteiger partial charge in [-0.25, -0.2) is 4.39 Å². The van der Waals surface area contributed by atoms with Gasteiger partial charge in [-0.2, -0.15) is 0 Å². The topological polar surface area (TPSA) is 58.9 Å². The van der Waals surface area contributed by atoms with E-state index in [4.69, 9.17) is 19.7 Å². The number of aliphatic hydroxyl groups is 2. The molecule has 3 rings (SSSR count). The molecule has 0 unspecified atom stereocenters. The highest BCUT2D eigenvalue weighted by molar-refractivity contribution is 5.71. The zero-order chi connectivity index (χ0) is 20.8. The first-order valence-corrected chi connectivity index (χ1v) is 9.55. The molecule has 0 saturated heterocycles. The zero-order valence-corrected chi connectivity index (χ0v) is 16.5. The minimum absolute atomic E-state index is 0.0536. The Kier molecular flexibility index (Phi) is 6.86. The number of hydrogen-bond acceptors (Lipinski definition) is 4. The van der Waals surface area contributed by atoms with E-state index in [0.29, 0.717) is 17.1 Å². The molecule has 0 aliphatic heterocycles. The van der Waals surface area contributed by atoms with Gasteiger partial charge in [0.1, 0.15) is 29.5 Å². The van der Waals surface area contributed by atoms with Gasteiger partial charge >= 0.3 is 0 Å². The molecule has 5 heteroatoms. The van der Waals surface area contributed by atoms with E-state index in [1.165, 1.54) is 6.07 Å². The summed E-state index contributed by atoms with van der Waals surface area (Å²) in [6, 6.07) is 19.6. The molecule has 0 aliphatic rings. The summed E-state index contributed by atoms with van der Waals surface area (Å²) in [5.41, 5.74) is 2.90. The Hall–Kier alpha value is -2.89. The number of halogens is 1. The highest BCUT2D eigenvalue weighted by atomic mass is 19.1. The van der Waals surface area contributed by atoms with Gasteiger partial charge in [-0.1, -0.05) is 36.4 Å². The minimum atomic E-state index is -0.311. The van der Waals surface area contributed by atoms with Crippen LogP contribution in [-0.2, 0) is 0 Å². The van der Waals surface area contributed by atoms with Crippen LogP contribution in [-0.4, -0.2) is 35.6 Å². The lowest BCUT2D eigenvalue weighted by Gasteiger charge is -2.13. The predicted molar refractivity (Wildman–Crippen MR) is 112 cm³/mol. The van der Waals surface area contributed by atoms with Crippen LogP contribution in [0.15, 0.2) is 66.7 Å². The van der Waals surface area contributed by atoms with E-state index < -0.39 is 0 Å². The van der Waals surface area contributed by atoms with Gasteiger partial charge in [-0.05, 0) is 60.9 Å². The molecular weight excluding hydrogens is 371 g/mol. The fraction of sp³-hybridized carbons (Fsp3) is 0.250. The summed E-state index contributed by atoms with van der Waals surface area (Å²) in [4.78, 5) is 0. The SMILES string of the molecule is C[C@H](CO)Oc1ccc(-c2ccc(-c3ccc(O[C@H](C)CO)cc3)c(F)c2)cc1. The number of rotatable bonds is 8. The van der Waals surface area contributed by atoms with Crippen molar-refractivity contribution in [2.24, 2.45) is 0 Å². The van der Waals surface area contributed by atoms with E-state index >= 15 is 0 Å². The highest BCUT2D eigenvalue weighted by Crippen LogP contribution is 2.30. The Bertz CT molecular complexity index is 923. The fourth-order valence-corrected chi connectivity index (χ4v) is 2.91. The maximum Gasteiger partial charge on any atom is 0.131 e. The maximum absolute atomic E-state index is 14.8. The second kappa shape index (κ2) is 9.54. The third-order valence-corrected chi connectivity index (χ3v) is 4.51. The van der Waals surface area contributed by atoms with Gasteiger partial charge in [0.2, 0.25) is 0 Å². The number of aliphatic hydroxyl groups excluding tert-OH is 2. The Morgan fingerprint density at radius 3 is 1.59 bits per heavy atom. The van der Waals surface area contributed by atoms with Crippen LogP contribution in [0.4, 0.5) is 4.39 Å². The molecule has 0 spiro atoms.